The molecule has 0 N–H and O–H groups in total. The molecule has 212 valence electrons. The maximum atomic E-state index is 14.1. The van der Waals surface area contributed by atoms with Crippen molar-refractivity contribution < 1.29 is 37.9 Å². The van der Waals surface area contributed by atoms with Gasteiger partial charge in [-0.2, -0.15) is 4.73 Å². The van der Waals surface area contributed by atoms with Gasteiger partial charge >= 0.3 is 5.97 Å². The number of fused-ring (bicyclic) bond motifs is 1. The van der Waals surface area contributed by atoms with E-state index in [1.807, 2.05) is 6.07 Å². The second-order valence-corrected chi connectivity index (χ2v) is 9.04. The van der Waals surface area contributed by atoms with Crippen LogP contribution < -0.4 is 28.4 Å². The van der Waals surface area contributed by atoms with Crippen molar-refractivity contribution in [2.75, 3.05) is 42.2 Å². The normalized spacial score (nSPS) is 11.0. The summed E-state index contributed by atoms with van der Waals surface area (Å²) < 4.78 is 34.4. The Morgan fingerprint density at radius 1 is 0.846 bits per heavy atom. The van der Waals surface area contributed by atoms with Crippen LogP contribution >= 0.6 is 0 Å². The summed E-state index contributed by atoms with van der Waals surface area (Å²) in [5, 5.41) is 14.5. The third-order valence-electron chi connectivity index (χ3n) is 7.16. The van der Waals surface area contributed by atoms with Gasteiger partial charge in [-0.25, -0.2) is 4.79 Å². The van der Waals surface area contributed by atoms with Crippen molar-refractivity contribution >= 4 is 16.9 Å². The molecule has 1 heterocycles. The standard InChI is InChI=1S/C30H39NO8/c1-9-18(10-2)12-14-20-27(30(32)39-11-3)25(19-13-15-22(34-4)23(16-19)35-5)26-21(31(20)33)17-24(36-6)28(37-7)29(26)38-8/h13,15-18H,9-12,14H2,1-8H3. The second-order valence-electron chi connectivity index (χ2n) is 9.04. The number of methoxy groups -OCH3 is 5. The first-order chi connectivity index (χ1) is 18.8. The lowest BCUT2D eigenvalue weighted by atomic mass is 9.89. The van der Waals surface area contributed by atoms with Crippen molar-refractivity contribution in [3.8, 4) is 39.9 Å². The molecule has 0 radical (unpaired) electrons. The summed E-state index contributed by atoms with van der Waals surface area (Å²) in [7, 11) is 7.56. The fourth-order valence-corrected chi connectivity index (χ4v) is 5.03. The smallest absolute Gasteiger partial charge is 0.345 e. The zero-order valence-electron chi connectivity index (χ0n) is 24.1. The van der Waals surface area contributed by atoms with Gasteiger partial charge in [0.2, 0.25) is 17.0 Å². The number of benzene rings is 2. The lowest BCUT2D eigenvalue weighted by Gasteiger charge is -2.22. The largest absolute Gasteiger partial charge is 0.618 e. The molecule has 9 heteroatoms. The Kier molecular flexibility index (Phi) is 10.1. The molecule has 0 saturated carbocycles. The van der Waals surface area contributed by atoms with E-state index >= 15 is 0 Å². The van der Waals surface area contributed by atoms with E-state index in [4.69, 9.17) is 28.4 Å². The third kappa shape index (κ3) is 5.62. The zero-order valence-corrected chi connectivity index (χ0v) is 24.1. The molecule has 0 bridgehead atoms. The Bertz CT molecular complexity index is 1320. The third-order valence-corrected chi connectivity index (χ3v) is 7.16. The highest BCUT2D eigenvalue weighted by Crippen LogP contribution is 2.48. The number of esters is 1. The van der Waals surface area contributed by atoms with Crippen molar-refractivity contribution in [3.05, 3.63) is 40.7 Å². The van der Waals surface area contributed by atoms with Crippen molar-refractivity contribution in [1.82, 2.24) is 0 Å². The van der Waals surface area contributed by atoms with Crippen LogP contribution in [0.4, 0.5) is 0 Å². The van der Waals surface area contributed by atoms with Crippen LogP contribution in [-0.4, -0.2) is 48.1 Å². The molecule has 3 rings (SSSR count). The van der Waals surface area contributed by atoms with Crippen LogP contribution in [0.2, 0.25) is 0 Å². The Labute approximate surface area is 230 Å². The average molecular weight is 542 g/mol. The zero-order chi connectivity index (χ0) is 28.7. The molecule has 3 aromatic rings. The summed E-state index contributed by atoms with van der Waals surface area (Å²) in [5.74, 6) is 1.70. The minimum atomic E-state index is -0.592. The first-order valence-electron chi connectivity index (χ1n) is 13.2. The molecule has 1 aromatic heterocycles. The van der Waals surface area contributed by atoms with Gasteiger partial charge in [-0.15, -0.1) is 0 Å². The average Bonchev–Trinajstić information content (AvgIpc) is 2.96. The molecule has 0 atom stereocenters. The van der Waals surface area contributed by atoms with Crippen LogP contribution in [0.5, 0.6) is 28.7 Å². The molecule has 0 spiro atoms. The second kappa shape index (κ2) is 13.3. The molecule has 0 aliphatic carbocycles. The van der Waals surface area contributed by atoms with Gasteiger partial charge in [0.1, 0.15) is 10.9 Å². The minimum absolute atomic E-state index is 0.149. The summed E-state index contributed by atoms with van der Waals surface area (Å²) in [4.78, 5) is 13.7. The van der Waals surface area contributed by atoms with Crippen LogP contribution in [0, 0.1) is 11.1 Å². The molecular formula is C30H39NO8. The molecule has 39 heavy (non-hydrogen) atoms. The molecule has 9 nitrogen and oxygen atoms in total. The fourth-order valence-electron chi connectivity index (χ4n) is 5.03. The number of aromatic nitrogens is 1. The van der Waals surface area contributed by atoms with Crippen molar-refractivity contribution in [1.29, 1.82) is 0 Å². The summed E-state index contributed by atoms with van der Waals surface area (Å²) in [6.45, 7) is 6.14. The Hall–Kier alpha value is -3.88. The number of carbonyl (C=O) groups is 1. The highest BCUT2D eigenvalue weighted by Gasteiger charge is 2.34. The van der Waals surface area contributed by atoms with E-state index in [1.165, 1.54) is 28.4 Å². The maximum absolute atomic E-state index is 14.1. The monoisotopic (exact) mass is 541 g/mol. The van der Waals surface area contributed by atoms with E-state index in [0.29, 0.717) is 57.5 Å². The van der Waals surface area contributed by atoms with Gasteiger partial charge in [0.05, 0.1) is 48.2 Å². The fraction of sp³-hybridized carbons (Fsp3) is 0.467. The molecule has 0 unspecified atom stereocenters. The van der Waals surface area contributed by atoms with Gasteiger partial charge in [-0.05, 0) is 37.0 Å². The van der Waals surface area contributed by atoms with Gasteiger partial charge < -0.3 is 33.6 Å². The van der Waals surface area contributed by atoms with Gasteiger partial charge in [-0.1, -0.05) is 32.8 Å². The summed E-state index contributed by atoms with van der Waals surface area (Å²) >= 11 is 0. The Morgan fingerprint density at radius 2 is 1.49 bits per heavy atom. The predicted molar refractivity (Wildman–Crippen MR) is 149 cm³/mol. The molecule has 0 aliphatic rings. The first-order valence-corrected chi connectivity index (χ1v) is 13.2. The van der Waals surface area contributed by atoms with E-state index in [1.54, 1.807) is 32.2 Å². The van der Waals surface area contributed by atoms with Gasteiger partial charge in [0.25, 0.3) is 0 Å². The SMILES string of the molecule is CCOC(=O)c1c(-c2ccc(OC)c(OC)c2)c2c(OC)c(OC)c(OC)cc2[n+]([O-])c1CCC(CC)CC. The molecular weight excluding hydrogens is 502 g/mol. The molecule has 0 fully saturated rings. The summed E-state index contributed by atoms with van der Waals surface area (Å²) in [5.41, 5.74) is 1.89. The maximum Gasteiger partial charge on any atom is 0.345 e. The Morgan fingerprint density at radius 3 is 2.03 bits per heavy atom. The van der Waals surface area contributed by atoms with Crippen LogP contribution in [0.15, 0.2) is 24.3 Å². The topological polar surface area (TPSA) is 99.4 Å². The Balaban J connectivity index is 2.59. The molecule has 0 amide bonds. The number of rotatable bonds is 13. The number of hydrogen-bond donors (Lipinski definition) is 0. The van der Waals surface area contributed by atoms with Crippen LogP contribution in [0.3, 0.4) is 0 Å². The van der Waals surface area contributed by atoms with Crippen LogP contribution in [-0.2, 0) is 11.2 Å². The van der Waals surface area contributed by atoms with Crippen LogP contribution in [0.1, 0.15) is 56.1 Å². The lowest BCUT2D eigenvalue weighted by Crippen LogP contribution is -2.37. The van der Waals surface area contributed by atoms with Crippen LogP contribution in [0.25, 0.3) is 22.0 Å². The lowest BCUT2D eigenvalue weighted by molar-refractivity contribution is -0.586. The van der Waals surface area contributed by atoms with E-state index in [-0.39, 0.29) is 23.4 Å². The summed E-state index contributed by atoms with van der Waals surface area (Å²) in [6.07, 6.45) is 3.07. The molecule has 2 aromatic carbocycles. The van der Waals surface area contributed by atoms with E-state index < -0.39 is 5.97 Å². The van der Waals surface area contributed by atoms with Gasteiger partial charge in [0, 0.05) is 12.0 Å². The quantitative estimate of drug-likeness (QED) is 0.154. The number of pyridine rings is 1. The van der Waals surface area contributed by atoms with Gasteiger partial charge in [-0.3, -0.25) is 0 Å². The van der Waals surface area contributed by atoms with E-state index in [2.05, 4.69) is 13.8 Å². The number of hydrogen-bond acceptors (Lipinski definition) is 8. The highest BCUT2D eigenvalue weighted by molar-refractivity contribution is 6.10. The molecule has 0 saturated heterocycles. The minimum Gasteiger partial charge on any atom is -0.618 e. The number of ether oxygens (including phenoxy) is 6. The number of carbonyl (C=O) groups excluding carboxylic acids is 1. The van der Waals surface area contributed by atoms with Crippen molar-refractivity contribution in [2.45, 2.75) is 46.5 Å². The van der Waals surface area contributed by atoms with E-state index in [0.717, 1.165) is 24.0 Å². The highest BCUT2D eigenvalue weighted by atomic mass is 16.5. The summed E-state index contributed by atoms with van der Waals surface area (Å²) in [6, 6.07) is 6.95. The predicted octanol–water partition coefficient (Wildman–Crippen LogP) is 5.73. The van der Waals surface area contributed by atoms with Crippen molar-refractivity contribution in [2.24, 2.45) is 5.92 Å². The van der Waals surface area contributed by atoms with Crippen molar-refractivity contribution in [3.63, 3.8) is 0 Å². The van der Waals surface area contributed by atoms with E-state index in [9.17, 15) is 10.0 Å². The molecule has 0 aliphatic heterocycles. The first kappa shape index (κ1) is 29.7. The number of nitrogens with zero attached hydrogens (tertiary/aromatic N) is 1. The van der Waals surface area contributed by atoms with Gasteiger partial charge in [0.15, 0.2) is 23.0 Å².